The Kier molecular flexibility index (Phi) is 5.76. The van der Waals surface area contributed by atoms with Gasteiger partial charge in [-0.1, -0.05) is 24.3 Å². The zero-order chi connectivity index (χ0) is 19.4. The number of para-hydroxylation sites is 1. The van der Waals surface area contributed by atoms with E-state index in [1.807, 2.05) is 18.2 Å². The normalized spacial score (nSPS) is 16.7. The topological polar surface area (TPSA) is 66.9 Å². The van der Waals surface area contributed by atoms with Gasteiger partial charge in [0.25, 0.3) is 5.91 Å². The van der Waals surface area contributed by atoms with E-state index >= 15 is 0 Å². The number of piperazine rings is 1. The maximum atomic E-state index is 13.4. The third-order valence-corrected chi connectivity index (χ3v) is 6.28. The summed E-state index contributed by atoms with van der Waals surface area (Å²) in [7, 11) is -3.78. The molecule has 0 saturated carbocycles. The van der Waals surface area contributed by atoms with Crippen molar-refractivity contribution in [3.8, 4) is 5.75 Å². The summed E-state index contributed by atoms with van der Waals surface area (Å²) in [5.41, 5.74) is 0. The highest BCUT2D eigenvalue weighted by atomic mass is 32.2. The Hall–Kier alpha value is -2.45. The van der Waals surface area contributed by atoms with Crippen LogP contribution in [0.15, 0.2) is 59.5 Å². The van der Waals surface area contributed by atoms with E-state index in [0.29, 0.717) is 5.75 Å². The van der Waals surface area contributed by atoms with Crippen molar-refractivity contribution in [2.75, 3.05) is 26.2 Å². The van der Waals surface area contributed by atoms with Crippen LogP contribution < -0.4 is 4.74 Å². The molecule has 0 N–H and O–H groups in total. The molecule has 0 aromatic heterocycles. The molecule has 144 valence electrons. The van der Waals surface area contributed by atoms with Crippen LogP contribution in [0.1, 0.15) is 6.92 Å². The summed E-state index contributed by atoms with van der Waals surface area (Å²) in [4.78, 5) is 14.1. The number of amides is 1. The molecular formula is C19H21FN2O4S. The van der Waals surface area contributed by atoms with Gasteiger partial charge in [-0.25, -0.2) is 12.8 Å². The van der Waals surface area contributed by atoms with Crippen LogP contribution in [-0.4, -0.2) is 55.8 Å². The Balaban J connectivity index is 1.60. The fourth-order valence-corrected chi connectivity index (χ4v) is 4.39. The van der Waals surface area contributed by atoms with Crippen LogP contribution in [0.2, 0.25) is 0 Å². The summed E-state index contributed by atoms with van der Waals surface area (Å²) >= 11 is 0. The first-order chi connectivity index (χ1) is 12.9. The molecule has 1 aliphatic rings. The van der Waals surface area contributed by atoms with Crippen molar-refractivity contribution in [2.24, 2.45) is 0 Å². The summed E-state index contributed by atoms with van der Waals surface area (Å²) in [5, 5.41) is 0. The third kappa shape index (κ3) is 4.45. The first-order valence-corrected chi connectivity index (χ1v) is 10.1. The molecule has 2 aromatic rings. The molecule has 27 heavy (non-hydrogen) atoms. The molecule has 1 heterocycles. The molecule has 0 bridgehead atoms. The number of hydrogen-bond acceptors (Lipinski definition) is 4. The van der Waals surface area contributed by atoms with Crippen LogP contribution in [0.25, 0.3) is 0 Å². The predicted octanol–water partition coefficient (Wildman–Crippen LogP) is 2.13. The van der Waals surface area contributed by atoms with E-state index in [1.165, 1.54) is 22.5 Å². The van der Waals surface area contributed by atoms with Crippen LogP contribution in [0.5, 0.6) is 5.75 Å². The number of benzene rings is 2. The maximum absolute atomic E-state index is 13.4. The minimum Gasteiger partial charge on any atom is -0.481 e. The maximum Gasteiger partial charge on any atom is 0.263 e. The van der Waals surface area contributed by atoms with Gasteiger partial charge in [-0.15, -0.1) is 0 Å². The van der Waals surface area contributed by atoms with Gasteiger partial charge in [-0.3, -0.25) is 4.79 Å². The van der Waals surface area contributed by atoms with Gasteiger partial charge in [0.05, 0.1) is 4.90 Å². The van der Waals surface area contributed by atoms with Gasteiger partial charge in [0.15, 0.2) is 6.10 Å². The largest absolute Gasteiger partial charge is 0.481 e. The second-order valence-electron chi connectivity index (χ2n) is 6.26. The zero-order valence-electron chi connectivity index (χ0n) is 14.9. The molecule has 8 heteroatoms. The van der Waals surface area contributed by atoms with Gasteiger partial charge in [0.1, 0.15) is 11.6 Å². The van der Waals surface area contributed by atoms with Gasteiger partial charge < -0.3 is 9.64 Å². The molecule has 1 aliphatic heterocycles. The average molecular weight is 392 g/mol. The van der Waals surface area contributed by atoms with Gasteiger partial charge in [-0.2, -0.15) is 4.31 Å². The minimum absolute atomic E-state index is 0.0805. The zero-order valence-corrected chi connectivity index (χ0v) is 15.7. The number of rotatable bonds is 5. The van der Waals surface area contributed by atoms with Gasteiger partial charge in [-0.05, 0) is 37.3 Å². The summed E-state index contributed by atoms with van der Waals surface area (Å²) in [6, 6.07) is 14.0. The summed E-state index contributed by atoms with van der Waals surface area (Å²) < 4.78 is 45.5. The Morgan fingerprint density at radius 2 is 1.70 bits per heavy atom. The Morgan fingerprint density at radius 3 is 2.33 bits per heavy atom. The molecule has 2 aromatic carbocycles. The standard InChI is InChI=1S/C19H21FN2O4S/c1-15(26-17-7-3-2-4-8-17)19(23)21-10-12-22(13-11-21)27(24,25)18-9-5-6-16(20)14-18/h2-9,14-15H,10-13H2,1H3. The van der Waals surface area contributed by atoms with Crippen LogP contribution in [0.3, 0.4) is 0 Å². The molecule has 0 aliphatic carbocycles. The van der Waals surface area contributed by atoms with Gasteiger partial charge in [0.2, 0.25) is 10.0 Å². The van der Waals surface area contributed by atoms with Crippen molar-refractivity contribution >= 4 is 15.9 Å². The predicted molar refractivity (Wildman–Crippen MR) is 98.3 cm³/mol. The fourth-order valence-electron chi connectivity index (χ4n) is 2.94. The number of sulfonamides is 1. The lowest BCUT2D eigenvalue weighted by Gasteiger charge is -2.35. The van der Waals surface area contributed by atoms with Crippen molar-refractivity contribution in [1.29, 1.82) is 0 Å². The number of halogens is 1. The van der Waals surface area contributed by atoms with Crippen molar-refractivity contribution in [3.05, 3.63) is 60.4 Å². The first-order valence-electron chi connectivity index (χ1n) is 8.64. The highest BCUT2D eigenvalue weighted by molar-refractivity contribution is 7.89. The van der Waals surface area contributed by atoms with Crippen molar-refractivity contribution < 1.29 is 22.3 Å². The van der Waals surface area contributed by atoms with Crippen LogP contribution in [-0.2, 0) is 14.8 Å². The highest BCUT2D eigenvalue weighted by Gasteiger charge is 2.32. The van der Waals surface area contributed by atoms with Crippen molar-refractivity contribution in [1.82, 2.24) is 9.21 Å². The van der Waals surface area contributed by atoms with E-state index in [2.05, 4.69) is 0 Å². The van der Waals surface area contributed by atoms with Crippen LogP contribution >= 0.6 is 0 Å². The molecule has 1 amide bonds. The average Bonchev–Trinajstić information content (AvgIpc) is 2.68. The Labute approximate surface area is 158 Å². The van der Waals surface area contributed by atoms with E-state index in [4.69, 9.17) is 4.74 Å². The number of nitrogens with zero attached hydrogens (tertiary/aromatic N) is 2. The van der Waals surface area contributed by atoms with Crippen molar-refractivity contribution in [3.63, 3.8) is 0 Å². The number of carbonyl (C=O) groups excluding carboxylic acids is 1. The van der Waals surface area contributed by atoms with E-state index in [9.17, 15) is 17.6 Å². The first kappa shape index (κ1) is 19.3. The lowest BCUT2D eigenvalue weighted by atomic mass is 10.3. The molecule has 3 rings (SSSR count). The lowest BCUT2D eigenvalue weighted by Crippen LogP contribution is -2.53. The third-order valence-electron chi connectivity index (χ3n) is 4.39. The molecule has 6 nitrogen and oxygen atoms in total. The molecular weight excluding hydrogens is 371 g/mol. The molecule has 1 atom stereocenters. The SMILES string of the molecule is CC(Oc1ccccc1)C(=O)N1CCN(S(=O)(=O)c2cccc(F)c2)CC1. The second kappa shape index (κ2) is 8.06. The van der Waals surface area contributed by atoms with E-state index in [0.717, 1.165) is 6.07 Å². The van der Waals surface area contributed by atoms with Gasteiger partial charge >= 0.3 is 0 Å². The fraction of sp³-hybridized carbons (Fsp3) is 0.316. The summed E-state index contributed by atoms with van der Waals surface area (Å²) in [6.45, 7) is 2.50. The Bertz CT molecular complexity index is 897. The number of ether oxygens (including phenoxy) is 1. The van der Waals surface area contributed by atoms with E-state index in [-0.39, 0.29) is 37.0 Å². The minimum atomic E-state index is -3.78. The highest BCUT2D eigenvalue weighted by Crippen LogP contribution is 2.19. The monoisotopic (exact) mass is 392 g/mol. The lowest BCUT2D eigenvalue weighted by molar-refractivity contribution is -0.139. The molecule has 0 spiro atoms. The van der Waals surface area contributed by atoms with Gasteiger partial charge in [0, 0.05) is 26.2 Å². The van der Waals surface area contributed by atoms with Crippen molar-refractivity contribution in [2.45, 2.75) is 17.9 Å². The quantitative estimate of drug-likeness (QED) is 0.782. The van der Waals surface area contributed by atoms with Crippen LogP contribution in [0, 0.1) is 5.82 Å². The number of hydrogen-bond donors (Lipinski definition) is 0. The summed E-state index contributed by atoms with van der Waals surface area (Å²) in [6.07, 6.45) is -0.668. The molecule has 1 unspecified atom stereocenters. The van der Waals surface area contributed by atoms with E-state index in [1.54, 1.807) is 24.0 Å². The smallest absolute Gasteiger partial charge is 0.263 e. The second-order valence-corrected chi connectivity index (χ2v) is 8.20. The van der Waals surface area contributed by atoms with Crippen LogP contribution in [0.4, 0.5) is 4.39 Å². The molecule has 1 fully saturated rings. The Morgan fingerprint density at radius 1 is 1.04 bits per heavy atom. The molecule has 1 saturated heterocycles. The molecule has 0 radical (unpaired) electrons. The number of carbonyl (C=O) groups is 1. The van der Waals surface area contributed by atoms with E-state index < -0.39 is 21.9 Å². The summed E-state index contributed by atoms with van der Waals surface area (Å²) in [5.74, 6) is -0.191.